The van der Waals surface area contributed by atoms with Crippen LogP contribution in [0, 0.1) is 6.92 Å². The quantitative estimate of drug-likeness (QED) is 0.408. The van der Waals surface area contributed by atoms with E-state index < -0.39 is 17.7 Å². The lowest BCUT2D eigenvalue weighted by Crippen LogP contribution is -2.39. The smallest absolute Gasteiger partial charge is 0.295 e. The Kier molecular flexibility index (Phi) is 6.94. The van der Waals surface area contributed by atoms with Gasteiger partial charge >= 0.3 is 0 Å². The number of morpholine rings is 1. The molecule has 0 aromatic heterocycles. The third kappa shape index (κ3) is 4.58. The van der Waals surface area contributed by atoms with Crippen molar-refractivity contribution in [2.24, 2.45) is 0 Å². The van der Waals surface area contributed by atoms with Crippen molar-refractivity contribution in [3.63, 3.8) is 0 Å². The van der Waals surface area contributed by atoms with E-state index in [-0.39, 0.29) is 11.3 Å². The van der Waals surface area contributed by atoms with Gasteiger partial charge in [0, 0.05) is 36.8 Å². The molecular formula is C25H27ClN2O4. The van der Waals surface area contributed by atoms with Crippen LogP contribution in [0.25, 0.3) is 5.76 Å². The Morgan fingerprint density at radius 2 is 1.75 bits per heavy atom. The molecule has 2 aromatic rings. The number of nitrogens with zero attached hydrogens (tertiary/aromatic N) is 2. The van der Waals surface area contributed by atoms with Crippen LogP contribution in [0.4, 0.5) is 0 Å². The molecule has 2 heterocycles. The van der Waals surface area contributed by atoms with Crippen LogP contribution in [0.1, 0.15) is 29.2 Å². The number of aliphatic hydroxyl groups excluding tert-OH is 1. The second-order valence-corrected chi connectivity index (χ2v) is 8.59. The molecule has 1 atom stereocenters. The third-order valence-electron chi connectivity index (χ3n) is 6.04. The zero-order valence-electron chi connectivity index (χ0n) is 18.1. The fourth-order valence-electron chi connectivity index (χ4n) is 4.29. The van der Waals surface area contributed by atoms with Crippen LogP contribution in [0.5, 0.6) is 0 Å². The third-order valence-corrected chi connectivity index (χ3v) is 6.39. The Labute approximate surface area is 193 Å². The lowest BCUT2D eigenvalue weighted by Gasteiger charge is -2.29. The summed E-state index contributed by atoms with van der Waals surface area (Å²) in [5.74, 6) is -1.46. The Morgan fingerprint density at radius 1 is 1.06 bits per heavy atom. The van der Waals surface area contributed by atoms with E-state index in [1.807, 2.05) is 25.1 Å². The van der Waals surface area contributed by atoms with Gasteiger partial charge in [-0.3, -0.25) is 14.5 Å². The fourth-order valence-corrected chi connectivity index (χ4v) is 4.53. The van der Waals surface area contributed by atoms with Crippen LogP contribution in [0.2, 0.25) is 5.02 Å². The highest BCUT2D eigenvalue weighted by atomic mass is 35.5. The number of benzene rings is 2. The van der Waals surface area contributed by atoms with Gasteiger partial charge in [0.1, 0.15) is 5.76 Å². The molecule has 2 aliphatic heterocycles. The van der Waals surface area contributed by atoms with Crippen LogP contribution in [-0.2, 0) is 14.3 Å². The number of carbonyl (C=O) groups excluding carboxylic acids is 2. The minimum atomic E-state index is -0.727. The summed E-state index contributed by atoms with van der Waals surface area (Å²) < 4.78 is 5.39. The highest BCUT2D eigenvalue weighted by Gasteiger charge is 2.46. The van der Waals surface area contributed by atoms with Crippen LogP contribution in [0.15, 0.2) is 54.1 Å². The molecule has 0 saturated carbocycles. The molecule has 2 fully saturated rings. The minimum Gasteiger partial charge on any atom is -0.507 e. The molecule has 1 N–H and O–H groups in total. The van der Waals surface area contributed by atoms with Crippen LogP contribution in [-0.4, -0.2) is 66.0 Å². The topological polar surface area (TPSA) is 70.1 Å². The number of hydrogen-bond donors (Lipinski definition) is 1. The number of likely N-dealkylation sites (tertiary alicyclic amines) is 1. The van der Waals surface area contributed by atoms with Gasteiger partial charge in [0.25, 0.3) is 11.7 Å². The summed E-state index contributed by atoms with van der Waals surface area (Å²) >= 11 is 6.48. The fraction of sp³-hybridized carbons (Fsp3) is 0.360. The number of halogens is 1. The number of amides is 1. The first kappa shape index (κ1) is 22.5. The number of Topliss-reactive ketones (excluding diaryl/α,β-unsaturated/α-hetero) is 1. The molecule has 7 heteroatoms. The lowest BCUT2D eigenvalue weighted by atomic mass is 9.95. The molecule has 2 aromatic carbocycles. The Morgan fingerprint density at radius 3 is 2.44 bits per heavy atom. The normalized spacial score (nSPS) is 21.3. The standard InChI is InChI=1S/C25H27ClN2O4/c1-17-7-9-18(10-8-17)23(29)21-22(19-5-2-3-6-20(19)26)28(25(31)24(21)30)12-4-11-27-13-15-32-16-14-27/h2-3,5-10,22,29H,4,11-16H2,1H3/t22-/m1/s1. The van der Waals surface area contributed by atoms with Crippen LogP contribution >= 0.6 is 11.6 Å². The van der Waals surface area contributed by atoms with Crippen molar-refractivity contribution in [3.05, 3.63) is 75.8 Å². The van der Waals surface area contributed by atoms with E-state index in [0.29, 0.717) is 42.3 Å². The maximum absolute atomic E-state index is 13.1. The number of ether oxygens (including phenoxy) is 1. The van der Waals surface area contributed by atoms with Gasteiger partial charge in [-0.05, 0) is 25.0 Å². The molecule has 4 rings (SSSR count). The van der Waals surface area contributed by atoms with Gasteiger partial charge in [0.15, 0.2) is 0 Å². The summed E-state index contributed by atoms with van der Waals surface area (Å²) in [6, 6.07) is 13.6. The summed E-state index contributed by atoms with van der Waals surface area (Å²) in [5, 5.41) is 11.5. The molecule has 0 unspecified atom stereocenters. The summed E-state index contributed by atoms with van der Waals surface area (Å²) in [6.07, 6.45) is 0.707. The van der Waals surface area contributed by atoms with Gasteiger partial charge in [-0.15, -0.1) is 0 Å². The molecule has 0 aliphatic carbocycles. The molecule has 0 bridgehead atoms. The molecule has 2 saturated heterocycles. The summed E-state index contributed by atoms with van der Waals surface area (Å²) in [4.78, 5) is 29.9. The Bertz CT molecular complexity index is 1030. The second kappa shape index (κ2) is 9.86. The molecule has 0 radical (unpaired) electrons. The van der Waals surface area contributed by atoms with Crippen LogP contribution in [0.3, 0.4) is 0 Å². The Hall–Kier alpha value is -2.67. The minimum absolute atomic E-state index is 0.0818. The van der Waals surface area contributed by atoms with Crippen molar-refractivity contribution >= 4 is 29.1 Å². The summed E-state index contributed by atoms with van der Waals surface area (Å²) in [5.41, 5.74) is 2.25. The number of hydrogen-bond acceptors (Lipinski definition) is 5. The van der Waals surface area contributed by atoms with E-state index >= 15 is 0 Å². The number of aliphatic hydroxyl groups is 1. The van der Waals surface area contributed by atoms with E-state index in [1.165, 1.54) is 0 Å². The van der Waals surface area contributed by atoms with E-state index in [0.717, 1.165) is 25.2 Å². The van der Waals surface area contributed by atoms with Gasteiger partial charge in [0.05, 0.1) is 24.8 Å². The number of carbonyl (C=O) groups is 2. The first-order chi connectivity index (χ1) is 15.5. The molecule has 168 valence electrons. The van der Waals surface area contributed by atoms with Crippen molar-refractivity contribution in [1.82, 2.24) is 9.80 Å². The van der Waals surface area contributed by atoms with Crippen molar-refractivity contribution in [3.8, 4) is 0 Å². The largest absolute Gasteiger partial charge is 0.507 e. The first-order valence-corrected chi connectivity index (χ1v) is 11.2. The first-order valence-electron chi connectivity index (χ1n) is 10.9. The summed E-state index contributed by atoms with van der Waals surface area (Å²) in [7, 11) is 0. The second-order valence-electron chi connectivity index (χ2n) is 8.19. The van der Waals surface area contributed by atoms with Gasteiger partial charge in [-0.2, -0.15) is 0 Å². The maximum atomic E-state index is 13.1. The monoisotopic (exact) mass is 454 g/mol. The van der Waals surface area contributed by atoms with Gasteiger partial charge in [0.2, 0.25) is 0 Å². The highest BCUT2D eigenvalue weighted by Crippen LogP contribution is 2.41. The predicted octanol–water partition coefficient (Wildman–Crippen LogP) is 3.79. The lowest BCUT2D eigenvalue weighted by molar-refractivity contribution is -0.140. The average Bonchev–Trinajstić information content (AvgIpc) is 3.05. The maximum Gasteiger partial charge on any atom is 0.295 e. The zero-order chi connectivity index (χ0) is 22.7. The molecule has 2 aliphatic rings. The van der Waals surface area contributed by atoms with E-state index in [4.69, 9.17) is 16.3 Å². The average molecular weight is 455 g/mol. The van der Waals surface area contributed by atoms with Crippen molar-refractivity contribution < 1.29 is 19.4 Å². The molecule has 1 amide bonds. The van der Waals surface area contributed by atoms with Crippen molar-refractivity contribution in [2.45, 2.75) is 19.4 Å². The SMILES string of the molecule is Cc1ccc(C(O)=C2C(=O)C(=O)N(CCCN3CCOCC3)[C@@H]2c2ccccc2Cl)cc1. The van der Waals surface area contributed by atoms with Gasteiger partial charge < -0.3 is 14.7 Å². The molecular weight excluding hydrogens is 428 g/mol. The number of rotatable bonds is 6. The van der Waals surface area contributed by atoms with Crippen molar-refractivity contribution in [1.29, 1.82) is 0 Å². The highest BCUT2D eigenvalue weighted by molar-refractivity contribution is 6.47. The van der Waals surface area contributed by atoms with Crippen molar-refractivity contribution in [2.75, 3.05) is 39.4 Å². The Balaban J connectivity index is 1.68. The van der Waals surface area contributed by atoms with E-state index in [1.54, 1.807) is 35.2 Å². The number of aryl methyl sites for hydroxylation is 1. The van der Waals surface area contributed by atoms with E-state index in [2.05, 4.69) is 4.90 Å². The number of ketones is 1. The summed E-state index contributed by atoms with van der Waals surface area (Å²) in [6.45, 7) is 6.28. The van der Waals surface area contributed by atoms with Gasteiger partial charge in [-0.25, -0.2) is 0 Å². The zero-order valence-corrected chi connectivity index (χ0v) is 18.8. The molecule has 6 nitrogen and oxygen atoms in total. The predicted molar refractivity (Wildman–Crippen MR) is 124 cm³/mol. The van der Waals surface area contributed by atoms with Crippen LogP contribution < -0.4 is 0 Å². The molecule has 0 spiro atoms. The molecule has 32 heavy (non-hydrogen) atoms. The van der Waals surface area contributed by atoms with E-state index in [9.17, 15) is 14.7 Å². The van der Waals surface area contributed by atoms with Gasteiger partial charge in [-0.1, -0.05) is 59.6 Å².